The molecule has 0 amide bonds. The van der Waals surface area contributed by atoms with E-state index in [2.05, 4.69) is 40.1 Å². The Morgan fingerprint density at radius 1 is 0.900 bits per heavy atom. The molecule has 5 rings (SSSR count). The van der Waals surface area contributed by atoms with Gasteiger partial charge < -0.3 is 14.7 Å². The van der Waals surface area contributed by atoms with Gasteiger partial charge >= 0.3 is 0 Å². The van der Waals surface area contributed by atoms with E-state index in [1.807, 2.05) is 12.1 Å². The molecule has 30 heavy (non-hydrogen) atoms. The lowest BCUT2D eigenvalue weighted by molar-refractivity contribution is 0.204. The first-order valence-electron chi connectivity index (χ1n) is 11.8. The minimum absolute atomic E-state index is 0.335. The molecule has 0 unspecified atom stereocenters. The molecule has 3 heterocycles. The molecule has 0 aromatic heterocycles. The van der Waals surface area contributed by atoms with Gasteiger partial charge in [-0.25, -0.2) is 0 Å². The smallest absolute Gasteiger partial charge is 0.119 e. The molecule has 2 fully saturated rings. The average Bonchev–Trinajstić information content (AvgIpc) is 3.26. The fourth-order valence-electron chi connectivity index (χ4n) is 5.63. The van der Waals surface area contributed by atoms with Crippen LogP contribution < -0.4 is 4.74 Å². The molecule has 4 nitrogen and oxygen atoms in total. The summed E-state index contributed by atoms with van der Waals surface area (Å²) < 4.78 is 6.19. The van der Waals surface area contributed by atoms with Gasteiger partial charge in [0.2, 0.25) is 0 Å². The lowest BCUT2D eigenvalue weighted by atomic mass is 9.81. The third kappa shape index (κ3) is 4.21. The van der Waals surface area contributed by atoms with Gasteiger partial charge in [-0.2, -0.15) is 0 Å². The molecule has 0 saturated carbocycles. The average molecular weight is 407 g/mol. The second-order valence-corrected chi connectivity index (χ2v) is 9.19. The van der Waals surface area contributed by atoms with E-state index in [1.54, 1.807) is 0 Å². The number of piperidine rings is 1. The number of phenolic OH excluding ortho intramolecular Hbond substituents is 1. The largest absolute Gasteiger partial charge is 0.508 e. The summed E-state index contributed by atoms with van der Waals surface area (Å²) in [7, 11) is 0. The van der Waals surface area contributed by atoms with E-state index < -0.39 is 0 Å². The molecule has 160 valence electrons. The summed E-state index contributed by atoms with van der Waals surface area (Å²) in [4.78, 5) is 5.22. The third-order valence-corrected chi connectivity index (χ3v) is 7.20. The van der Waals surface area contributed by atoms with Crippen LogP contribution in [0.15, 0.2) is 42.5 Å². The highest BCUT2D eigenvalue weighted by Gasteiger charge is 2.36. The Bertz CT molecular complexity index is 845. The van der Waals surface area contributed by atoms with E-state index in [0.29, 0.717) is 17.7 Å². The van der Waals surface area contributed by atoms with Crippen LogP contribution in [0.2, 0.25) is 0 Å². The zero-order valence-corrected chi connectivity index (χ0v) is 17.9. The highest BCUT2D eigenvalue weighted by atomic mass is 16.5. The normalized spacial score (nSPS) is 24.4. The Morgan fingerprint density at radius 3 is 2.57 bits per heavy atom. The zero-order valence-electron chi connectivity index (χ0n) is 17.9. The standard InChI is InChI=1S/C26H34N2O2/c29-21-9-7-20(8-10-21)25-19-28-16-4-6-26(28)24-18-22(11-12-23(24)25)30-17-5-15-27-13-2-1-3-14-27/h7-12,18,25-26,29H,1-6,13-17,19H2/t25-,26-/m1/s1. The van der Waals surface area contributed by atoms with Crippen LogP contribution in [-0.2, 0) is 0 Å². The van der Waals surface area contributed by atoms with Crippen molar-refractivity contribution >= 4 is 0 Å². The van der Waals surface area contributed by atoms with Crippen LogP contribution in [0, 0.1) is 0 Å². The van der Waals surface area contributed by atoms with E-state index in [0.717, 1.165) is 31.9 Å². The van der Waals surface area contributed by atoms with Gasteiger partial charge in [-0.05, 0) is 92.7 Å². The van der Waals surface area contributed by atoms with Crippen molar-refractivity contribution in [2.45, 2.75) is 50.5 Å². The highest BCUT2D eigenvalue weighted by Crippen LogP contribution is 2.45. The van der Waals surface area contributed by atoms with Crippen LogP contribution >= 0.6 is 0 Å². The van der Waals surface area contributed by atoms with Crippen molar-refractivity contribution in [3.8, 4) is 11.5 Å². The van der Waals surface area contributed by atoms with Crippen molar-refractivity contribution in [2.24, 2.45) is 0 Å². The van der Waals surface area contributed by atoms with E-state index in [1.165, 1.54) is 68.4 Å². The Morgan fingerprint density at radius 2 is 1.73 bits per heavy atom. The molecule has 0 spiro atoms. The maximum absolute atomic E-state index is 9.69. The number of hydrogen-bond donors (Lipinski definition) is 1. The molecular formula is C26H34N2O2. The van der Waals surface area contributed by atoms with E-state index in [9.17, 15) is 5.11 Å². The van der Waals surface area contributed by atoms with Crippen LogP contribution in [0.3, 0.4) is 0 Å². The van der Waals surface area contributed by atoms with Crippen molar-refractivity contribution in [1.82, 2.24) is 9.80 Å². The summed E-state index contributed by atoms with van der Waals surface area (Å²) in [5.74, 6) is 1.72. The van der Waals surface area contributed by atoms with Crippen molar-refractivity contribution in [3.05, 3.63) is 59.2 Å². The number of nitrogens with zero attached hydrogens (tertiary/aromatic N) is 2. The summed E-state index contributed by atoms with van der Waals surface area (Å²) in [6.45, 7) is 6.72. The van der Waals surface area contributed by atoms with Gasteiger partial charge in [0.05, 0.1) is 6.61 Å². The van der Waals surface area contributed by atoms with Gasteiger partial charge in [-0.1, -0.05) is 24.6 Å². The monoisotopic (exact) mass is 406 g/mol. The molecule has 0 radical (unpaired) electrons. The molecule has 2 aromatic carbocycles. The molecule has 1 N–H and O–H groups in total. The Balaban J connectivity index is 1.29. The lowest BCUT2D eigenvalue weighted by Gasteiger charge is -2.37. The van der Waals surface area contributed by atoms with E-state index >= 15 is 0 Å². The SMILES string of the molecule is Oc1ccc([C@H]2CN3CCC[C@@H]3c3cc(OCCCN4CCCCC4)ccc32)cc1. The van der Waals surface area contributed by atoms with Crippen molar-refractivity contribution in [1.29, 1.82) is 0 Å². The first kappa shape index (κ1) is 19.9. The third-order valence-electron chi connectivity index (χ3n) is 7.20. The second-order valence-electron chi connectivity index (χ2n) is 9.19. The number of likely N-dealkylation sites (tertiary alicyclic amines) is 1. The molecule has 3 aliphatic heterocycles. The predicted octanol–water partition coefficient (Wildman–Crippen LogP) is 4.93. The van der Waals surface area contributed by atoms with Gasteiger partial charge in [0.1, 0.15) is 11.5 Å². The van der Waals surface area contributed by atoms with Gasteiger partial charge in [-0.15, -0.1) is 0 Å². The molecular weight excluding hydrogens is 372 g/mol. The Labute approximate surface area is 180 Å². The van der Waals surface area contributed by atoms with E-state index in [-0.39, 0.29) is 0 Å². The molecule has 2 aromatic rings. The van der Waals surface area contributed by atoms with Gasteiger partial charge in [0.15, 0.2) is 0 Å². The second kappa shape index (κ2) is 8.99. The maximum Gasteiger partial charge on any atom is 0.119 e. The number of fused-ring (bicyclic) bond motifs is 3. The quantitative estimate of drug-likeness (QED) is 0.690. The summed E-state index contributed by atoms with van der Waals surface area (Å²) in [5.41, 5.74) is 4.17. The van der Waals surface area contributed by atoms with Gasteiger partial charge in [0, 0.05) is 25.0 Å². The minimum Gasteiger partial charge on any atom is -0.508 e. The summed E-state index contributed by atoms with van der Waals surface area (Å²) in [5, 5.41) is 9.69. The maximum atomic E-state index is 9.69. The molecule has 2 saturated heterocycles. The van der Waals surface area contributed by atoms with E-state index in [4.69, 9.17) is 4.74 Å². The lowest BCUT2D eigenvalue weighted by Crippen LogP contribution is -2.34. The van der Waals surface area contributed by atoms with Crippen LogP contribution in [0.4, 0.5) is 0 Å². The number of rotatable bonds is 6. The number of hydrogen-bond acceptors (Lipinski definition) is 4. The van der Waals surface area contributed by atoms with Gasteiger partial charge in [-0.3, -0.25) is 4.90 Å². The highest BCUT2D eigenvalue weighted by molar-refractivity contribution is 5.47. The molecule has 3 aliphatic rings. The van der Waals surface area contributed by atoms with Crippen molar-refractivity contribution in [2.75, 3.05) is 39.3 Å². The summed E-state index contributed by atoms with van der Waals surface area (Å²) >= 11 is 0. The fourth-order valence-corrected chi connectivity index (χ4v) is 5.63. The van der Waals surface area contributed by atoms with Crippen LogP contribution in [0.5, 0.6) is 11.5 Å². The summed E-state index contributed by atoms with van der Waals surface area (Å²) in [6, 6.07) is 15.1. The van der Waals surface area contributed by atoms with Crippen LogP contribution in [0.1, 0.15) is 67.2 Å². The number of ether oxygens (including phenoxy) is 1. The van der Waals surface area contributed by atoms with Crippen molar-refractivity contribution < 1.29 is 9.84 Å². The predicted molar refractivity (Wildman–Crippen MR) is 120 cm³/mol. The first-order chi connectivity index (χ1) is 14.8. The van der Waals surface area contributed by atoms with Crippen LogP contribution in [-0.4, -0.2) is 54.2 Å². The zero-order chi connectivity index (χ0) is 20.3. The molecule has 0 bridgehead atoms. The summed E-state index contributed by atoms with van der Waals surface area (Å²) in [6.07, 6.45) is 7.72. The first-order valence-corrected chi connectivity index (χ1v) is 11.8. The Hall–Kier alpha value is -2.04. The fraction of sp³-hybridized carbons (Fsp3) is 0.538. The number of benzene rings is 2. The number of phenols is 1. The topological polar surface area (TPSA) is 35.9 Å². The minimum atomic E-state index is 0.335. The number of aromatic hydroxyl groups is 1. The van der Waals surface area contributed by atoms with Crippen LogP contribution in [0.25, 0.3) is 0 Å². The Kier molecular flexibility index (Phi) is 5.96. The van der Waals surface area contributed by atoms with Crippen molar-refractivity contribution in [3.63, 3.8) is 0 Å². The molecule has 4 heteroatoms. The van der Waals surface area contributed by atoms with Gasteiger partial charge in [0.25, 0.3) is 0 Å². The molecule has 0 aliphatic carbocycles. The molecule has 2 atom stereocenters.